The first-order chi connectivity index (χ1) is 7.65. The van der Waals surface area contributed by atoms with Crippen LogP contribution >= 0.6 is 11.6 Å². The van der Waals surface area contributed by atoms with Gasteiger partial charge in [0.1, 0.15) is 5.82 Å². The van der Waals surface area contributed by atoms with Gasteiger partial charge in [0, 0.05) is 31.7 Å². The second-order valence-corrected chi connectivity index (χ2v) is 4.07. The maximum Gasteiger partial charge on any atom is 0.141 e. The number of benzene rings is 1. The van der Waals surface area contributed by atoms with E-state index in [1.54, 1.807) is 12.1 Å². The lowest BCUT2D eigenvalue weighted by molar-refractivity contribution is 0.628. The van der Waals surface area contributed by atoms with E-state index in [1.165, 1.54) is 11.6 Å². The van der Waals surface area contributed by atoms with Crippen LogP contribution in [0.5, 0.6) is 0 Å². The van der Waals surface area contributed by atoms with Crippen molar-refractivity contribution in [2.45, 2.75) is 6.54 Å². The number of halogens is 2. The minimum Gasteiger partial charge on any atom is -0.381 e. The Morgan fingerprint density at radius 1 is 1.38 bits per heavy atom. The van der Waals surface area contributed by atoms with E-state index in [4.69, 9.17) is 11.6 Å². The lowest BCUT2D eigenvalue weighted by Gasteiger charge is -2.05. The van der Waals surface area contributed by atoms with Crippen LogP contribution in [0.1, 0.15) is 5.56 Å². The largest absolute Gasteiger partial charge is 0.381 e. The first-order valence-electron chi connectivity index (χ1n) is 4.95. The van der Waals surface area contributed by atoms with E-state index in [0.29, 0.717) is 6.54 Å². The van der Waals surface area contributed by atoms with Crippen molar-refractivity contribution in [1.82, 2.24) is 4.57 Å². The van der Waals surface area contributed by atoms with E-state index >= 15 is 0 Å². The van der Waals surface area contributed by atoms with E-state index in [2.05, 4.69) is 5.32 Å². The Kier molecular flexibility index (Phi) is 3.15. The minimum atomic E-state index is -0.396. The van der Waals surface area contributed by atoms with Crippen LogP contribution in [0.2, 0.25) is 5.02 Å². The van der Waals surface area contributed by atoms with Gasteiger partial charge in [0.2, 0.25) is 0 Å². The van der Waals surface area contributed by atoms with Gasteiger partial charge in [0.05, 0.1) is 5.02 Å². The molecule has 1 heterocycles. The number of nitrogens with zero attached hydrogens (tertiary/aromatic N) is 1. The lowest BCUT2D eigenvalue weighted by Crippen LogP contribution is -1.98. The summed E-state index contributed by atoms with van der Waals surface area (Å²) in [7, 11) is 1.97. The molecule has 0 amide bonds. The molecule has 2 nitrogen and oxygen atoms in total. The van der Waals surface area contributed by atoms with Gasteiger partial charge in [0.15, 0.2) is 0 Å². The third-order valence-corrected chi connectivity index (χ3v) is 2.60. The molecule has 0 radical (unpaired) electrons. The summed E-state index contributed by atoms with van der Waals surface area (Å²) in [6, 6.07) is 6.64. The van der Waals surface area contributed by atoms with Crippen molar-refractivity contribution in [3.8, 4) is 0 Å². The molecule has 0 spiro atoms. The molecule has 0 aliphatic carbocycles. The molecule has 0 aliphatic rings. The van der Waals surface area contributed by atoms with Gasteiger partial charge in [-0.25, -0.2) is 4.39 Å². The second-order valence-electron chi connectivity index (χ2n) is 3.67. The maximum atomic E-state index is 12.9. The standard InChI is InChI=1S/C12H12ClFN2/c1-16-5-4-9(8-16)7-15-10-2-3-12(14)11(13)6-10/h2-6,8,15H,7H2,1H3. The third kappa shape index (κ3) is 2.55. The Balaban J connectivity index is 2.02. The van der Waals surface area contributed by atoms with Crippen molar-refractivity contribution >= 4 is 17.3 Å². The lowest BCUT2D eigenvalue weighted by atomic mass is 10.3. The van der Waals surface area contributed by atoms with Crippen LogP contribution in [-0.4, -0.2) is 4.57 Å². The fourth-order valence-electron chi connectivity index (χ4n) is 1.48. The van der Waals surface area contributed by atoms with Gasteiger partial charge in [-0.3, -0.25) is 0 Å². The number of hydrogen-bond acceptors (Lipinski definition) is 1. The predicted molar refractivity (Wildman–Crippen MR) is 64.1 cm³/mol. The molecule has 0 fully saturated rings. The highest BCUT2D eigenvalue weighted by Gasteiger charge is 2.00. The molecule has 0 saturated carbocycles. The van der Waals surface area contributed by atoms with Crippen molar-refractivity contribution in [2.75, 3.05) is 5.32 Å². The summed E-state index contributed by atoms with van der Waals surface area (Å²) in [6.07, 6.45) is 4.01. The molecule has 2 rings (SSSR count). The number of aryl methyl sites for hydroxylation is 1. The molecule has 84 valence electrons. The van der Waals surface area contributed by atoms with Crippen molar-refractivity contribution in [3.63, 3.8) is 0 Å². The van der Waals surface area contributed by atoms with Crippen molar-refractivity contribution in [1.29, 1.82) is 0 Å². The Morgan fingerprint density at radius 2 is 2.19 bits per heavy atom. The fraction of sp³-hybridized carbons (Fsp3) is 0.167. The predicted octanol–water partition coefficient (Wildman–Crippen LogP) is 3.43. The van der Waals surface area contributed by atoms with Crippen molar-refractivity contribution in [3.05, 3.63) is 53.1 Å². The smallest absolute Gasteiger partial charge is 0.141 e. The van der Waals surface area contributed by atoms with E-state index in [0.717, 1.165) is 5.69 Å². The highest BCUT2D eigenvalue weighted by Crippen LogP contribution is 2.19. The summed E-state index contributed by atoms with van der Waals surface area (Å²) < 4.78 is 14.9. The maximum absolute atomic E-state index is 12.9. The summed E-state index contributed by atoms with van der Waals surface area (Å²) in [5, 5.41) is 3.31. The van der Waals surface area contributed by atoms with E-state index in [9.17, 15) is 4.39 Å². The zero-order valence-corrected chi connectivity index (χ0v) is 9.63. The molecule has 0 bridgehead atoms. The van der Waals surface area contributed by atoms with E-state index in [1.807, 2.05) is 30.1 Å². The molecule has 16 heavy (non-hydrogen) atoms. The number of anilines is 1. The molecule has 0 aliphatic heterocycles. The number of aromatic nitrogens is 1. The highest BCUT2D eigenvalue weighted by molar-refractivity contribution is 6.31. The first kappa shape index (κ1) is 11.0. The second kappa shape index (κ2) is 4.58. The zero-order valence-electron chi connectivity index (χ0n) is 8.87. The van der Waals surface area contributed by atoms with Crippen LogP contribution in [0.25, 0.3) is 0 Å². The summed E-state index contributed by atoms with van der Waals surface area (Å²) in [5.74, 6) is -0.396. The number of hydrogen-bond donors (Lipinski definition) is 1. The molecule has 1 N–H and O–H groups in total. The van der Waals surface area contributed by atoms with Gasteiger partial charge in [-0.2, -0.15) is 0 Å². The SMILES string of the molecule is Cn1ccc(CNc2ccc(F)c(Cl)c2)c1. The van der Waals surface area contributed by atoms with Gasteiger partial charge in [-0.15, -0.1) is 0 Å². The van der Waals surface area contributed by atoms with Crippen LogP contribution < -0.4 is 5.32 Å². The molecule has 2 aromatic rings. The average Bonchev–Trinajstić information content (AvgIpc) is 2.66. The Hall–Kier alpha value is -1.48. The summed E-state index contributed by atoms with van der Waals surface area (Å²) >= 11 is 5.68. The van der Waals surface area contributed by atoms with Crippen LogP contribution in [0.4, 0.5) is 10.1 Å². The van der Waals surface area contributed by atoms with E-state index < -0.39 is 5.82 Å². The fourth-order valence-corrected chi connectivity index (χ4v) is 1.66. The molecule has 1 aromatic heterocycles. The summed E-state index contributed by atoms with van der Waals surface area (Å²) in [6.45, 7) is 0.697. The van der Waals surface area contributed by atoms with Gasteiger partial charge in [-0.1, -0.05) is 11.6 Å². The third-order valence-electron chi connectivity index (χ3n) is 2.31. The average molecular weight is 239 g/mol. The monoisotopic (exact) mass is 238 g/mol. The van der Waals surface area contributed by atoms with E-state index in [-0.39, 0.29) is 5.02 Å². The summed E-state index contributed by atoms with van der Waals surface area (Å²) in [4.78, 5) is 0. The normalized spacial score (nSPS) is 10.4. The van der Waals surface area contributed by atoms with Gasteiger partial charge in [0.25, 0.3) is 0 Å². The molecule has 0 atom stereocenters. The highest BCUT2D eigenvalue weighted by atomic mass is 35.5. The number of rotatable bonds is 3. The Labute approximate surface area is 98.7 Å². The van der Waals surface area contributed by atoms with Gasteiger partial charge < -0.3 is 9.88 Å². The van der Waals surface area contributed by atoms with Crippen molar-refractivity contribution in [2.24, 2.45) is 7.05 Å². The van der Waals surface area contributed by atoms with Crippen LogP contribution in [0.15, 0.2) is 36.7 Å². The minimum absolute atomic E-state index is 0.137. The molecule has 4 heteroatoms. The molecular formula is C12H12ClFN2. The Bertz CT molecular complexity index is 494. The number of nitrogens with one attached hydrogen (secondary N) is 1. The van der Waals surface area contributed by atoms with Gasteiger partial charge >= 0.3 is 0 Å². The molecule has 1 aromatic carbocycles. The molecular weight excluding hydrogens is 227 g/mol. The van der Waals surface area contributed by atoms with Crippen LogP contribution in [0, 0.1) is 5.82 Å². The molecule has 0 unspecified atom stereocenters. The Morgan fingerprint density at radius 3 is 2.81 bits per heavy atom. The summed E-state index contributed by atoms with van der Waals surface area (Å²) in [5.41, 5.74) is 1.98. The quantitative estimate of drug-likeness (QED) is 0.867. The van der Waals surface area contributed by atoms with Crippen LogP contribution in [-0.2, 0) is 13.6 Å². The first-order valence-corrected chi connectivity index (χ1v) is 5.33. The topological polar surface area (TPSA) is 17.0 Å². The van der Waals surface area contributed by atoms with Gasteiger partial charge in [-0.05, 0) is 29.8 Å². The zero-order chi connectivity index (χ0) is 11.5. The van der Waals surface area contributed by atoms with Crippen molar-refractivity contribution < 1.29 is 4.39 Å². The van der Waals surface area contributed by atoms with Crippen LogP contribution in [0.3, 0.4) is 0 Å². The molecule has 0 saturated heterocycles.